The second kappa shape index (κ2) is 7.41. The summed E-state index contributed by atoms with van der Waals surface area (Å²) in [6.45, 7) is 3.85. The highest BCUT2D eigenvalue weighted by molar-refractivity contribution is 6.34. The molecule has 0 aromatic heterocycles. The summed E-state index contributed by atoms with van der Waals surface area (Å²) in [5, 5.41) is 9.94. The van der Waals surface area contributed by atoms with Crippen LogP contribution in [0.15, 0.2) is 30.3 Å². The molecule has 5 heteroatoms. The van der Waals surface area contributed by atoms with Gasteiger partial charge in [0.05, 0.1) is 24.8 Å². The van der Waals surface area contributed by atoms with Crippen molar-refractivity contribution >= 4 is 29.2 Å². The lowest BCUT2D eigenvalue weighted by molar-refractivity contribution is -0.130. The molecule has 2 aromatic rings. The zero-order valence-corrected chi connectivity index (χ0v) is 14.8. The molecule has 0 aliphatic heterocycles. The summed E-state index contributed by atoms with van der Waals surface area (Å²) in [5.74, 6) is -0.158. The van der Waals surface area contributed by atoms with Crippen molar-refractivity contribution < 1.29 is 19.4 Å². The van der Waals surface area contributed by atoms with Crippen molar-refractivity contribution in [2.45, 2.75) is 13.8 Å². The summed E-state index contributed by atoms with van der Waals surface area (Å²) in [4.78, 5) is 11.8. The van der Waals surface area contributed by atoms with Gasteiger partial charge in [-0.1, -0.05) is 35.4 Å². The van der Waals surface area contributed by atoms with Crippen molar-refractivity contribution in [1.29, 1.82) is 0 Å². The number of carboxylic acid groups (broad SMARTS) is 1. The molecule has 0 aliphatic carbocycles. The van der Waals surface area contributed by atoms with Crippen LogP contribution in [0.3, 0.4) is 0 Å². The number of aliphatic carboxylic acids is 1. The van der Waals surface area contributed by atoms with E-state index in [9.17, 15) is 9.90 Å². The number of methoxy groups -OCH3 is 2. The average molecular weight is 347 g/mol. The Bertz CT molecular complexity index is 809. The molecule has 0 radical (unpaired) electrons. The molecular weight excluding hydrogens is 328 g/mol. The van der Waals surface area contributed by atoms with Gasteiger partial charge in [-0.3, -0.25) is 0 Å². The van der Waals surface area contributed by atoms with Crippen molar-refractivity contribution in [3.63, 3.8) is 0 Å². The first kappa shape index (κ1) is 17.9. The van der Waals surface area contributed by atoms with E-state index >= 15 is 0 Å². The van der Waals surface area contributed by atoms with Gasteiger partial charge in [-0.2, -0.15) is 0 Å². The second-order valence-corrected chi connectivity index (χ2v) is 5.76. The lowest BCUT2D eigenvalue weighted by atomic mass is 9.97. The minimum atomic E-state index is -1.02. The van der Waals surface area contributed by atoms with Crippen LogP contribution in [0.4, 0.5) is 0 Å². The Kier molecular flexibility index (Phi) is 5.52. The molecule has 0 fully saturated rings. The van der Waals surface area contributed by atoms with E-state index in [0.29, 0.717) is 27.6 Å². The summed E-state index contributed by atoms with van der Waals surface area (Å²) in [6.07, 6.45) is 1.55. The molecule has 0 unspecified atom stereocenters. The molecule has 24 heavy (non-hydrogen) atoms. The van der Waals surface area contributed by atoms with Crippen LogP contribution in [0.5, 0.6) is 11.5 Å². The first-order chi connectivity index (χ1) is 11.4. The predicted molar refractivity (Wildman–Crippen MR) is 96.0 cm³/mol. The van der Waals surface area contributed by atoms with Crippen LogP contribution in [-0.4, -0.2) is 25.3 Å². The Balaban J connectivity index is 2.63. The Labute approximate surface area is 146 Å². The largest absolute Gasteiger partial charge is 0.493 e. The van der Waals surface area contributed by atoms with Gasteiger partial charge < -0.3 is 14.6 Å². The van der Waals surface area contributed by atoms with Crippen LogP contribution in [0.1, 0.15) is 22.3 Å². The molecule has 126 valence electrons. The van der Waals surface area contributed by atoms with Crippen molar-refractivity contribution in [1.82, 2.24) is 0 Å². The fourth-order valence-corrected chi connectivity index (χ4v) is 2.83. The Morgan fingerprint density at radius 3 is 2.38 bits per heavy atom. The smallest absolute Gasteiger partial charge is 0.336 e. The van der Waals surface area contributed by atoms with Crippen LogP contribution < -0.4 is 9.47 Å². The molecule has 0 saturated carbocycles. The molecule has 4 nitrogen and oxygen atoms in total. The summed E-state index contributed by atoms with van der Waals surface area (Å²) < 4.78 is 10.5. The quantitative estimate of drug-likeness (QED) is 0.635. The first-order valence-corrected chi connectivity index (χ1v) is 7.70. The van der Waals surface area contributed by atoms with Gasteiger partial charge in [0.1, 0.15) is 0 Å². The van der Waals surface area contributed by atoms with E-state index in [1.807, 2.05) is 26.0 Å². The number of hydrogen-bond acceptors (Lipinski definition) is 3. The third-order valence-corrected chi connectivity index (χ3v) is 4.11. The van der Waals surface area contributed by atoms with Crippen LogP contribution >= 0.6 is 11.6 Å². The van der Waals surface area contributed by atoms with Gasteiger partial charge in [0, 0.05) is 0 Å². The molecular formula is C19H19ClO4. The number of carboxylic acids is 1. The van der Waals surface area contributed by atoms with Gasteiger partial charge in [0.25, 0.3) is 0 Å². The van der Waals surface area contributed by atoms with E-state index in [1.54, 1.807) is 24.3 Å². The molecule has 2 aromatic carbocycles. The van der Waals surface area contributed by atoms with Crippen molar-refractivity contribution in [3.8, 4) is 11.5 Å². The predicted octanol–water partition coefficient (Wildman–Crippen LogP) is 4.60. The lowest BCUT2D eigenvalue weighted by Gasteiger charge is -2.12. The number of ether oxygens (including phenoxy) is 2. The normalized spacial score (nSPS) is 11.3. The number of benzene rings is 2. The highest BCUT2D eigenvalue weighted by Crippen LogP contribution is 2.38. The van der Waals surface area contributed by atoms with Crippen LogP contribution in [-0.2, 0) is 4.79 Å². The minimum Gasteiger partial charge on any atom is -0.493 e. The Hall–Kier alpha value is -2.46. The van der Waals surface area contributed by atoms with Gasteiger partial charge in [0.15, 0.2) is 11.5 Å². The number of halogens is 1. The highest BCUT2D eigenvalue weighted by atomic mass is 35.5. The van der Waals surface area contributed by atoms with E-state index in [-0.39, 0.29) is 5.57 Å². The van der Waals surface area contributed by atoms with E-state index in [1.165, 1.54) is 14.2 Å². The SMILES string of the molecule is COc1ccc(/C=C(\C(=O)O)c2ccc(C)cc2C)c(Cl)c1OC. The molecule has 1 N–H and O–H groups in total. The summed E-state index contributed by atoms with van der Waals surface area (Å²) in [7, 11) is 3.00. The summed E-state index contributed by atoms with van der Waals surface area (Å²) in [6, 6.07) is 9.03. The van der Waals surface area contributed by atoms with Crippen LogP contribution in [0.2, 0.25) is 5.02 Å². The first-order valence-electron chi connectivity index (χ1n) is 7.32. The molecule has 0 atom stereocenters. The monoisotopic (exact) mass is 346 g/mol. The summed E-state index contributed by atoms with van der Waals surface area (Å²) in [5.41, 5.74) is 3.33. The topological polar surface area (TPSA) is 55.8 Å². The van der Waals surface area contributed by atoms with Gasteiger partial charge in [-0.25, -0.2) is 4.79 Å². The van der Waals surface area contributed by atoms with Crippen molar-refractivity contribution in [2.75, 3.05) is 14.2 Å². The lowest BCUT2D eigenvalue weighted by Crippen LogP contribution is -2.02. The second-order valence-electron chi connectivity index (χ2n) is 5.39. The minimum absolute atomic E-state index is 0.168. The number of carbonyl (C=O) groups is 1. The standard InChI is InChI=1S/C19H19ClO4/c1-11-5-7-14(12(2)9-11)15(19(21)22)10-13-6-8-16(23-3)18(24-4)17(13)20/h5-10H,1-4H3,(H,21,22)/b15-10-. The molecule has 0 heterocycles. The van der Waals surface area contributed by atoms with Gasteiger partial charge in [-0.05, 0) is 48.7 Å². The fourth-order valence-electron chi connectivity index (χ4n) is 2.54. The zero-order valence-electron chi connectivity index (χ0n) is 14.0. The number of hydrogen-bond donors (Lipinski definition) is 1. The Morgan fingerprint density at radius 2 is 1.83 bits per heavy atom. The third-order valence-electron chi connectivity index (χ3n) is 3.72. The van der Waals surface area contributed by atoms with Crippen LogP contribution in [0.25, 0.3) is 11.6 Å². The molecule has 0 aliphatic rings. The van der Waals surface area contributed by atoms with Crippen molar-refractivity contribution in [2.24, 2.45) is 0 Å². The van der Waals surface area contributed by atoms with Gasteiger partial charge >= 0.3 is 5.97 Å². The van der Waals surface area contributed by atoms with E-state index in [2.05, 4.69) is 0 Å². The van der Waals surface area contributed by atoms with Gasteiger partial charge in [-0.15, -0.1) is 0 Å². The molecule has 2 rings (SSSR count). The molecule has 0 amide bonds. The summed E-state index contributed by atoms with van der Waals surface area (Å²) >= 11 is 6.35. The highest BCUT2D eigenvalue weighted by Gasteiger charge is 2.17. The average Bonchev–Trinajstić information content (AvgIpc) is 2.54. The maximum atomic E-state index is 11.8. The molecule has 0 saturated heterocycles. The van der Waals surface area contributed by atoms with E-state index in [4.69, 9.17) is 21.1 Å². The Morgan fingerprint density at radius 1 is 1.12 bits per heavy atom. The molecule has 0 spiro atoms. The fraction of sp³-hybridized carbons (Fsp3) is 0.211. The molecule has 0 bridgehead atoms. The van der Waals surface area contributed by atoms with E-state index in [0.717, 1.165) is 11.1 Å². The zero-order chi connectivity index (χ0) is 17.9. The maximum Gasteiger partial charge on any atom is 0.336 e. The number of rotatable bonds is 5. The van der Waals surface area contributed by atoms with Crippen molar-refractivity contribution in [3.05, 3.63) is 57.6 Å². The van der Waals surface area contributed by atoms with Gasteiger partial charge in [0.2, 0.25) is 0 Å². The maximum absolute atomic E-state index is 11.8. The van der Waals surface area contributed by atoms with Crippen LogP contribution in [0, 0.1) is 13.8 Å². The third kappa shape index (κ3) is 3.54. The van der Waals surface area contributed by atoms with E-state index < -0.39 is 5.97 Å². The number of aryl methyl sites for hydroxylation is 2.